The minimum atomic E-state index is -0.504. The fourth-order valence-corrected chi connectivity index (χ4v) is 1.56. The molecule has 7 nitrogen and oxygen atoms in total. The van der Waals surface area contributed by atoms with E-state index in [1.54, 1.807) is 24.3 Å². The van der Waals surface area contributed by atoms with Crippen LogP contribution in [0.4, 0.5) is 5.69 Å². The Labute approximate surface area is 121 Å². The van der Waals surface area contributed by atoms with Crippen LogP contribution in [0.15, 0.2) is 30.6 Å². The van der Waals surface area contributed by atoms with Gasteiger partial charge in [0, 0.05) is 5.56 Å². The second-order valence-corrected chi connectivity index (χ2v) is 4.55. The SMILES string of the molecule is CC(C)Oc1ncnc(Oc2ccc(C(N)=O)cc2)c1N. The predicted molar refractivity (Wildman–Crippen MR) is 77.2 cm³/mol. The average Bonchev–Trinajstić information content (AvgIpc) is 2.43. The maximum atomic E-state index is 11.0. The highest BCUT2D eigenvalue weighted by molar-refractivity contribution is 5.92. The number of nitrogen functional groups attached to an aromatic ring is 1. The van der Waals surface area contributed by atoms with Gasteiger partial charge in [0.25, 0.3) is 0 Å². The summed E-state index contributed by atoms with van der Waals surface area (Å²) in [7, 11) is 0. The normalized spacial score (nSPS) is 10.4. The molecule has 0 bridgehead atoms. The van der Waals surface area contributed by atoms with Gasteiger partial charge in [-0.15, -0.1) is 0 Å². The van der Waals surface area contributed by atoms with Gasteiger partial charge < -0.3 is 20.9 Å². The molecule has 0 radical (unpaired) electrons. The summed E-state index contributed by atoms with van der Waals surface area (Å²) in [5, 5.41) is 0. The zero-order chi connectivity index (χ0) is 15.4. The predicted octanol–water partition coefficient (Wildman–Crippen LogP) is 1.74. The first-order valence-electron chi connectivity index (χ1n) is 6.32. The molecule has 2 aromatic rings. The summed E-state index contributed by atoms with van der Waals surface area (Å²) in [6.45, 7) is 3.73. The molecule has 0 atom stereocenters. The summed E-state index contributed by atoms with van der Waals surface area (Å²) in [6, 6.07) is 6.32. The largest absolute Gasteiger partial charge is 0.473 e. The Morgan fingerprint density at radius 2 is 1.76 bits per heavy atom. The lowest BCUT2D eigenvalue weighted by molar-refractivity contribution is 0.100. The summed E-state index contributed by atoms with van der Waals surface area (Å²) in [4.78, 5) is 18.9. The summed E-state index contributed by atoms with van der Waals surface area (Å²) in [5.74, 6) is 0.424. The van der Waals surface area contributed by atoms with Crippen LogP contribution >= 0.6 is 0 Å². The summed E-state index contributed by atoms with van der Waals surface area (Å²) in [6.07, 6.45) is 1.24. The number of carbonyl (C=O) groups excluding carboxylic acids is 1. The van der Waals surface area contributed by atoms with Crippen molar-refractivity contribution < 1.29 is 14.3 Å². The van der Waals surface area contributed by atoms with Crippen molar-refractivity contribution in [3.05, 3.63) is 36.2 Å². The van der Waals surface area contributed by atoms with Gasteiger partial charge in [0.15, 0.2) is 5.69 Å². The van der Waals surface area contributed by atoms with Crippen LogP contribution in [0.3, 0.4) is 0 Å². The van der Waals surface area contributed by atoms with Gasteiger partial charge >= 0.3 is 0 Å². The molecule has 0 aliphatic carbocycles. The second-order valence-electron chi connectivity index (χ2n) is 4.55. The molecule has 1 aromatic heterocycles. The van der Waals surface area contributed by atoms with Crippen LogP contribution in [0.1, 0.15) is 24.2 Å². The number of nitrogens with two attached hydrogens (primary N) is 2. The number of amides is 1. The number of primary amides is 1. The highest BCUT2D eigenvalue weighted by Gasteiger charge is 2.13. The summed E-state index contributed by atoms with van der Waals surface area (Å²) < 4.78 is 11.0. The number of carbonyl (C=O) groups is 1. The van der Waals surface area contributed by atoms with Gasteiger partial charge in [0.05, 0.1) is 6.10 Å². The molecular weight excluding hydrogens is 272 g/mol. The Hall–Kier alpha value is -2.83. The number of benzene rings is 1. The maximum absolute atomic E-state index is 11.0. The lowest BCUT2D eigenvalue weighted by Crippen LogP contribution is -2.10. The van der Waals surface area contributed by atoms with Gasteiger partial charge in [0.2, 0.25) is 17.7 Å². The van der Waals surface area contributed by atoms with E-state index in [1.807, 2.05) is 13.8 Å². The molecule has 7 heteroatoms. The third-order valence-electron chi connectivity index (χ3n) is 2.51. The Morgan fingerprint density at radius 1 is 1.14 bits per heavy atom. The lowest BCUT2D eigenvalue weighted by atomic mass is 10.2. The van der Waals surface area contributed by atoms with Crippen molar-refractivity contribution in [1.82, 2.24) is 9.97 Å². The Balaban J connectivity index is 2.21. The van der Waals surface area contributed by atoms with Crippen LogP contribution in [0.5, 0.6) is 17.5 Å². The number of rotatable bonds is 5. The van der Waals surface area contributed by atoms with Crippen LogP contribution in [-0.4, -0.2) is 22.0 Å². The molecule has 4 N–H and O–H groups in total. The quantitative estimate of drug-likeness (QED) is 0.866. The molecule has 0 fully saturated rings. The van der Waals surface area contributed by atoms with Gasteiger partial charge in [-0.05, 0) is 38.1 Å². The number of anilines is 1. The van der Waals surface area contributed by atoms with Crippen molar-refractivity contribution in [1.29, 1.82) is 0 Å². The first-order valence-corrected chi connectivity index (χ1v) is 6.32. The van der Waals surface area contributed by atoms with E-state index < -0.39 is 5.91 Å². The molecule has 0 unspecified atom stereocenters. The minimum Gasteiger partial charge on any atom is -0.473 e. The average molecular weight is 288 g/mol. The van der Waals surface area contributed by atoms with Crippen molar-refractivity contribution in [2.75, 3.05) is 5.73 Å². The van der Waals surface area contributed by atoms with Crippen molar-refractivity contribution in [3.63, 3.8) is 0 Å². The second kappa shape index (κ2) is 6.08. The maximum Gasteiger partial charge on any atom is 0.249 e. The number of aromatic nitrogens is 2. The number of ether oxygens (including phenoxy) is 2. The Bertz CT molecular complexity index is 641. The molecule has 1 aromatic carbocycles. The minimum absolute atomic E-state index is 0.0649. The van der Waals surface area contributed by atoms with Gasteiger partial charge in [0.1, 0.15) is 12.1 Å². The van der Waals surface area contributed by atoms with E-state index in [-0.39, 0.29) is 23.6 Å². The van der Waals surface area contributed by atoms with Crippen LogP contribution in [-0.2, 0) is 0 Å². The molecule has 0 aliphatic heterocycles. The molecule has 0 saturated heterocycles. The van der Waals surface area contributed by atoms with E-state index in [0.717, 1.165) is 0 Å². The van der Waals surface area contributed by atoms with E-state index >= 15 is 0 Å². The molecular formula is C14H16N4O3. The van der Waals surface area contributed by atoms with Crippen LogP contribution in [0, 0.1) is 0 Å². The van der Waals surface area contributed by atoms with Gasteiger partial charge in [-0.2, -0.15) is 9.97 Å². The molecule has 0 aliphatic rings. The monoisotopic (exact) mass is 288 g/mol. The van der Waals surface area contributed by atoms with Gasteiger partial charge in [-0.25, -0.2) is 0 Å². The number of hydrogen-bond donors (Lipinski definition) is 2. The number of nitrogens with zero attached hydrogens (tertiary/aromatic N) is 2. The Kier molecular flexibility index (Phi) is 4.22. The fourth-order valence-electron chi connectivity index (χ4n) is 1.56. The van der Waals surface area contributed by atoms with E-state index in [0.29, 0.717) is 11.3 Å². The summed E-state index contributed by atoms with van der Waals surface area (Å²) >= 11 is 0. The summed E-state index contributed by atoms with van der Waals surface area (Å²) in [5.41, 5.74) is 11.7. The van der Waals surface area contributed by atoms with E-state index in [2.05, 4.69) is 9.97 Å². The molecule has 1 amide bonds. The standard InChI is InChI=1S/C14H16N4O3/c1-8(2)20-13-11(15)14(18-7-17-13)21-10-5-3-9(4-6-10)12(16)19/h3-8H,15H2,1-2H3,(H2,16,19). The van der Waals surface area contributed by atoms with Gasteiger partial charge in [-0.3, -0.25) is 4.79 Å². The van der Waals surface area contributed by atoms with E-state index in [9.17, 15) is 4.79 Å². The van der Waals surface area contributed by atoms with Crippen LogP contribution in [0.2, 0.25) is 0 Å². The number of hydrogen-bond acceptors (Lipinski definition) is 6. The first-order chi connectivity index (χ1) is 9.97. The third kappa shape index (κ3) is 3.59. The third-order valence-corrected chi connectivity index (χ3v) is 2.51. The van der Waals surface area contributed by atoms with E-state index in [4.69, 9.17) is 20.9 Å². The van der Waals surface area contributed by atoms with Crippen LogP contribution in [0.25, 0.3) is 0 Å². The van der Waals surface area contributed by atoms with Crippen molar-refractivity contribution in [2.45, 2.75) is 20.0 Å². The highest BCUT2D eigenvalue weighted by Crippen LogP contribution is 2.31. The molecule has 2 rings (SSSR count). The fraction of sp³-hybridized carbons (Fsp3) is 0.214. The van der Waals surface area contributed by atoms with Crippen molar-refractivity contribution in [2.24, 2.45) is 5.73 Å². The first kappa shape index (κ1) is 14.6. The molecule has 21 heavy (non-hydrogen) atoms. The molecule has 0 spiro atoms. The smallest absolute Gasteiger partial charge is 0.249 e. The van der Waals surface area contributed by atoms with Crippen molar-refractivity contribution in [3.8, 4) is 17.5 Å². The van der Waals surface area contributed by atoms with Crippen LogP contribution < -0.4 is 20.9 Å². The molecule has 0 saturated carbocycles. The van der Waals surface area contributed by atoms with Crippen molar-refractivity contribution >= 4 is 11.6 Å². The highest BCUT2D eigenvalue weighted by atomic mass is 16.5. The van der Waals surface area contributed by atoms with E-state index in [1.165, 1.54) is 6.33 Å². The zero-order valence-corrected chi connectivity index (χ0v) is 11.7. The molecule has 1 heterocycles. The zero-order valence-electron chi connectivity index (χ0n) is 11.7. The topological polar surface area (TPSA) is 113 Å². The Morgan fingerprint density at radius 3 is 2.33 bits per heavy atom. The van der Waals surface area contributed by atoms with Gasteiger partial charge in [-0.1, -0.05) is 0 Å². The molecule has 110 valence electrons. The lowest BCUT2D eigenvalue weighted by Gasteiger charge is -2.13.